The molecule has 2 saturated heterocycles. The zero-order valence-electron chi connectivity index (χ0n) is 19.7. The third-order valence-electron chi connectivity index (χ3n) is 6.78. The predicted molar refractivity (Wildman–Crippen MR) is 119 cm³/mol. The Morgan fingerprint density at radius 1 is 1.16 bits per heavy atom. The molecule has 32 heavy (non-hydrogen) atoms. The van der Waals surface area contributed by atoms with Crippen LogP contribution < -0.4 is 5.32 Å². The SMILES string of the molecule is C[C@H](OC1CCCCO1)C(C)(C)c1cc(NC(=O)C(C)(C)S(=O)(=O)C2CCOCC2)on1. The Bertz CT molecular complexity index is 882. The average Bonchev–Trinajstić information content (AvgIpc) is 3.24. The lowest BCUT2D eigenvalue weighted by Crippen LogP contribution is -2.50. The number of carbonyl (C=O) groups excluding carboxylic acids is 1. The first-order valence-electron chi connectivity index (χ1n) is 11.3. The Hall–Kier alpha value is -1.49. The normalized spacial score (nSPS) is 22.5. The number of aromatic nitrogens is 1. The molecule has 2 fully saturated rings. The molecule has 0 radical (unpaired) electrons. The number of ether oxygens (including phenoxy) is 3. The molecule has 3 heterocycles. The highest BCUT2D eigenvalue weighted by Crippen LogP contribution is 2.33. The van der Waals surface area contributed by atoms with E-state index in [0.29, 0.717) is 38.4 Å². The van der Waals surface area contributed by atoms with Crippen LogP contribution >= 0.6 is 0 Å². The average molecular weight is 473 g/mol. The van der Waals surface area contributed by atoms with Crippen LogP contribution in [0.5, 0.6) is 0 Å². The van der Waals surface area contributed by atoms with E-state index in [1.807, 2.05) is 20.8 Å². The molecule has 1 aromatic heterocycles. The fourth-order valence-corrected chi connectivity index (χ4v) is 5.81. The van der Waals surface area contributed by atoms with Crippen molar-refractivity contribution in [3.8, 4) is 0 Å². The van der Waals surface area contributed by atoms with Crippen molar-refractivity contribution in [3.63, 3.8) is 0 Å². The molecule has 0 bridgehead atoms. The summed E-state index contributed by atoms with van der Waals surface area (Å²) in [7, 11) is -3.72. The molecule has 0 spiro atoms. The van der Waals surface area contributed by atoms with Gasteiger partial charge in [0.1, 0.15) is 4.75 Å². The van der Waals surface area contributed by atoms with Crippen LogP contribution in [0, 0.1) is 0 Å². The molecule has 1 N–H and O–H groups in total. The quantitative estimate of drug-likeness (QED) is 0.613. The van der Waals surface area contributed by atoms with Crippen LogP contribution in [0.2, 0.25) is 0 Å². The van der Waals surface area contributed by atoms with Crippen molar-refractivity contribution in [3.05, 3.63) is 11.8 Å². The van der Waals surface area contributed by atoms with Gasteiger partial charge < -0.3 is 18.7 Å². The standard InChI is InChI=1S/C22H36N2O7S/c1-15(30-19-8-6-7-11-29-19)21(2,3)17-14-18(31-24-17)23-20(25)22(4,5)32(26,27)16-9-12-28-13-10-16/h14-16,19H,6-13H2,1-5H3,(H,23,25)/t15-,19?/m0/s1. The fraction of sp³-hybridized carbons (Fsp3) is 0.818. The van der Waals surface area contributed by atoms with Gasteiger partial charge in [0.05, 0.1) is 17.0 Å². The molecule has 1 unspecified atom stereocenters. The van der Waals surface area contributed by atoms with Gasteiger partial charge >= 0.3 is 0 Å². The van der Waals surface area contributed by atoms with E-state index >= 15 is 0 Å². The lowest BCUT2D eigenvalue weighted by molar-refractivity contribution is -0.196. The van der Waals surface area contributed by atoms with Crippen LogP contribution in [0.4, 0.5) is 5.88 Å². The van der Waals surface area contributed by atoms with Gasteiger partial charge in [0, 0.05) is 31.3 Å². The van der Waals surface area contributed by atoms with E-state index < -0.39 is 31.2 Å². The minimum Gasteiger partial charge on any atom is -0.381 e. The second-order valence-corrected chi connectivity index (χ2v) is 12.5. The Labute approximate surface area is 190 Å². The van der Waals surface area contributed by atoms with Gasteiger partial charge in [0.15, 0.2) is 16.1 Å². The van der Waals surface area contributed by atoms with Crippen LogP contribution in [0.1, 0.15) is 72.4 Å². The van der Waals surface area contributed by atoms with Crippen LogP contribution in [0.25, 0.3) is 0 Å². The van der Waals surface area contributed by atoms with Gasteiger partial charge in [-0.2, -0.15) is 0 Å². The van der Waals surface area contributed by atoms with Gasteiger partial charge in [-0.25, -0.2) is 8.42 Å². The highest BCUT2D eigenvalue weighted by molar-refractivity contribution is 7.94. The topological polar surface area (TPSA) is 117 Å². The minimum atomic E-state index is -3.72. The molecule has 0 aromatic carbocycles. The van der Waals surface area contributed by atoms with Crippen molar-refractivity contribution in [1.82, 2.24) is 5.16 Å². The van der Waals surface area contributed by atoms with Crippen molar-refractivity contribution in [2.24, 2.45) is 0 Å². The number of nitrogens with one attached hydrogen (secondary N) is 1. The first kappa shape index (κ1) is 25.1. The maximum atomic E-state index is 13.1. The molecule has 10 heteroatoms. The summed E-state index contributed by atoms with van der Waals surface area (Å²) in [5, 5.41) is 6.11. The summed E-state index contributed by atoms with van der Waals surface area (Å²) in [6, 6.07) is 1.62. The van der Waals surface area contributed by atoms with Crippen molar-refractivity contribution >= 4 is 21.6 Å². The summed E-state index contributed by atoms with van der Waals surface area (Å²) in [6.07, 6.45) is 3.31. The highest BCUT2D eigenvalue weighted by Gasteiger charge is 2.47. The summed E-state index contributed by atoms with van der Waals surface area (Å²) in [5.41, 5.74) is 0.0814. The van der Waals surface area contributed by atoms with E-state index in [2.05, 4.69) is 10.5 Å². The number of amides is 1. The van der Waals surface area contributed by atoms with E-state index in [0.717, 1.165) is 19.3 Å². The molecule has 1 amide bonds. The van der Waals surface area contributed by atoms with Crippen LogP contribution in [0.15, 0.2) is 10.6 Å². The fourth-order valence-electron chi connectivity index (χ4n) is 3.86. The maximum Gasteiger partial charge on any atom is 0.247 e. The maximum absolute atomic E-state index is 13.1. The van der Waals surface area contributed by atoms with E-state index in [4.69, 9.17) is 18.7 Å². The second-order valence-electron chi connectivity index (χ2n) is 9.69. The third kappa shape index (κ3) is 5.18. The van der Waals surface area contributed by atoms with Crippen molar-refractivity contribution in [1.29, 1.82) is 0 Å². The summed E-state index contributed by atoms with van der Waals surface area (Å²) >= 11 is 0. The first-order chi connectivity index (χ1) is 15.0. The van der Waals surface area contributed by atoms with Crippen LogP contribution in [-0.2, 0) is 34.3 Å². The molecule has 2 atom stereocenters. The number of nitrogens with zero attached hydrogens (tertiary/aromatic N) is 1. The molecule has 1 aromatic rings. The minimum absolute atomic E-state index is 0.106. The van der Waals surface area contributed by atoms with Gasteiger partial charge in [0.2, 0.25) is 11.8 Å². The van der Waals surface area contributed by atoms with E-state index in [9.17, 15) is 13.2 Å². The molecule has 182 valence electrons. The number of hydrogen-bond donors (Lipinski definition) is 1. The van der Waals surface area contributed by atoms with Gasteiger partial charge in [-0.3, -0.25) is 10.1 Å². The summed E-state index contributed by atoms with van der Waals surface area (Å²) in [5.74, 6) is -0.543. The second kappa shape index (κ2) is 9.79. The Morgan fingerprint density at radius 3 is 2.47 bits per heavy atom. The number of carbonyl (C=O) groups is 1. The van der Waals surface area contributed by atoms with E-state index in [-0.39, 0.29) is 18.3 Å². The molecule has 0 aliphatic carbocycles. The molecule has 3 rings (SSSR count). The largest absolute Gasteiger partial charge is 0.381 e. The number of anilines is 1. The molecular formula is C22H36N2O7S. The van der Waals surface area contributed by atoms with Crippen molar-refractivity contribution in [2.45, 2.75) is 94.5 Å². The smallest absolute Gasteiger partial charge is 0.247 e. The lowest BCUT2D eigenvalue weighted by atomic mass is 9.84. The number of sulfone groups is 1. The molecule has 0 saturated carbocycles. The first-order valence-corrected chi connectivity index (χ1v) is 12.9. The predicted octanol–water partition coefficient (Wildman–Crippen LogP) is 3.19. The highest BCUT2D eigenvalue weighted by atomic mass is 32.2. The molecule has 9 nitrogen and oxygen atoms in total. The van der Waals surface area contributed by atoms with E-state index in [1.54, 1.807) is 6.07 Å². The van der Waals surface area contributed by atoms with Crippen molar-refractivity contribution < 1.29 is 31.9 Å². The third-order valence-corrected chi connectivity index (χ3v) is 9.74. The Balaban J connectivity index is 1.67. The Kier molecular flexibility index (Phi) is 7.69. The van der Waals surface area contributed by atoms with Gasteiger partial charge in [-0.1, -0.05) is 19.0 Å². The van der Waals surface area contributed by atoms with Crippen molar-refractivity contribution in [2.75, 3.05) is 25.1 Å². The molecular weight excluding hydrogens is 436 g/mol. The monoisotopic (exact) mass is 472 g/mol. The number of rotatable bonds is 8. The van der Waals surface area contributed by atoms with Gasteiger partial charge in [-0.15, -0.1) is 0 Å². The van der Waals surface area contributed by atoms with Crippen LogP contribution in [-0.4, -0.2) is 61.7 Å². The molecule has 2 aliphatic heterocycles. The van der Waals surface area contributed by atoms with Crippen LogP contribution in [0.3, 0.4) is 0 Å². The van der Waals surface area contributed by atoms with E-state index in [1.165, 1.54) is 13.8 Å². The van der Waals surface area contributed by atoms with Gasteiger partial charge in [0.25, 0.3) is 0 Å². The van der Waals surface area contributed by atoms with Gasteiger partial charge in [-0.05, 0) is 52.9 Å². The lowest BCUT2D eigenvalue weighted by Gasteiger charge is -2.34. The summed E-state index contributed by atoms with van der Waals surface area (Å²) in [4.78, 5) is 12.9. The number of hydrogen-bond acceptors (Lipinski definition) is 8. The summed E-state index contributed by atoms with van der Waals surface area (Å²) < 4.78 is 46.9. The molecule has 2 aliphatic rings. The zero-order valence-corrected chi connectivity index (χ0v) is 20.5. The Morgan fingerprint density at radius 2 is 1.84 bits per heavy atom. The summed E-state index contributed by atoms with van der Waals surface area (Å²) in [6.45, 7) is 10.2. The zero-order chi connectivity index (χ0) is 23.6.